The molecular formula is C47H67N5O4. The molecule has 0 unspecified atom stereocenters. The second-order valence-corrected chi connectivity index (χ2v) is 19.3. The number of likely N-dealkylation sites (tertiary alicyclic amines) is 2. The van der Waals surface area contributed by atoms with E-state index in [4.69, 9.17) is 20.9 Å². The third-order valence-corrected chi connectivity index (χ3v) is 15.8. The first-order valence-electron chi connectivity index (χ1n) is 22.7. The maximum atomic E-state index is 14.0. The zero-order valence-electron chi connectivity index (χ0n) is 34.0. The van der Waals surface area contributed by atoms with E-state index in [0.29, 0.717) is 29.4 Å². The molecular weight excluding hydrogens is 699 g/mol. The predicted octanol–water partition coefficient (Wildman–Crippen LogP) is 8.05. The topological polar surface area (TPSA) is 123 Å². The van der Waals surface area contributed by atoms with Crippen molar-refractivity contribution in [3.8, 4) is 11.5 Å². The summed E-state index contributed by atoms with van der Waals surface area (Å²) in [6.45, 7) is 6.24. The number of ether oxygens (including phenoxy) is 2. The number of fused-ring (bicyclic) bond motifs is 8. The Labute approximate surface area is 335 Å². The molecule has 0 aromatic heterocycles. The standard InChI is InChI=1S/C47H67N5O4/c1-46-19-7-2-5-12-33(42(46)48)27-39-34(26-38(29-41(39)46)56-45(54)52-23-17-36(18-24-52)51-21-9-4-10-22-51)30-47-20-8-3-6-11-32(43(47)49)25-31-13-16-37(28-40(31)47)55-44(53)50-35-14-15-35/h13,16,26,28-29,32-33,35-36,42-43H,2-12,14-15,17-25,27,30,48-49H2,1H3,(H,50,53)/t32-,33-,42-,43-,46+,47-/m0/s1. The molecule has 2 amide bonds. The van der Waals surface area contributed by atoms with Crippen LogP contribution in [0.15, 0.2) is 30.3 Å². The summed E-state index contributed by atoms with van der Waals surface area (Å²) in [6, 6.07) is 11.5. The second kappa shape index (κ2) is 15.9. The molecule has 5 N–H and O–H groups in total. The number of nitrogens with one attached hydrogen (secondary N) is 1. The van der Waals surface area contributed by atoms with E-state index in [0.717, 1.165) is 96.6 Å². The van der Waals surface area contributed by atoms with Crippen molar-refractivity contribution in [3.05, 3.63) is 58.1 Å². The molecule has 7 aliphatic rings. The Bertz CT molecular complexity index is 1760. The van der Waals surface area contributed by atoms with Gasteiger partial charge < -0.3 is 36.1 Å². The highest BCUT2D eigenvalue weighted by Gasteiger charge is 2.50. The van der Waals surface area contributed by atoms with Crippen LogP contribution in [0.3, 0.4) is 0 Å². The van der Waals surface area contributed by atoms with Crippen molar-refractivity contribution >= 4 is 12.2 Å². The van der Waals surface area contributed by atoms with Gasteiger partial charge in [-0.25, -0.2) is 9.59 Å². The minimum absolute atomic E-state index is 0.0409. The fourth-order valence-corrected chi connectivity index (χ4v) is 12.4. The van der Waals surface area contributed by atoms with Crippen LogP contribution in [0, 0.1) is 11.8 Å². The number of rotatable bonds is 6. The molecule has 304 valence electrons. The Morgan fingerprint density at radius 2 is 1.43 bits per heavy atom. The Hall–Kier alpha value is -3.14. The van der Waals surface area contributed by atoms with E-state index in [1.54, 1.807) is 0 Å². The van der Waals surface area contributed by atoms with Gasteiger partial charge in [0, 0.05) is 48.1 Å². The minimum atomic E-state index is -0.375. The molecule has 5 fully saturated rings. The molecule has 6 atom stereocenters. The fourth-order valence-electron chi connectivity index (χ4n) is 12.4. The Morgan fingerprint density at radius 3 is 2.18 bits per heavy atom. The maximum absolute atomic E-state index is 14.0. The highest BCUT2D eigenvalue weighted by atomic mass is 16.6. The zero-order valence-corrected chi connectivity index (χ0v) is 34.0. The summed E-state index contributed by atoms with van der Waals surface area (Å²) >= 11 is 0. The lowest BCUT2D eigenvalue weighted by Gasteiger charge is -2.51. The highest BCUT2D eigenvalue weighted by Crippen LogP contribution is 2.52. The quantitative estimate of drug-likeness (QED) is 0.272. The highest BCUT2D eigenvalue weighted by molar-refractivity contribution is 5.72. The number of carbonyl (C=O) groups is 2. The van der Waals surface area contributed by atoms with Gasteiger partial charge in [-0.05, 0) is 160 Å². The molecule has 2 saturated heterocycles. The van der Waals surface area contributed by atoms with Gasteiger partial charge in [-0.3, -0.25) is 0 Å². The summed E-state index contributed by atoms with van der Waals surface area (Å²) < 4.78 is 12.4. The Morgan fingerprint density at radius 1 is 0.732 bits per heavy atom. The molecule has 9 rings (SSSR count). The fraction of sp³-hybridized carbons (Fsp3) is 0.702. The van der Waals surface area contributed by atoms with Crippen molar-refractivity contribution in [2.24, 2.45) is 23.3 Å². The van der Waals surface area contributed by atoms with Gasteiger partial charge in [-0.1, -0.05) is 57.9 Å². The monoisotopic (exact) mass is 766 g/mol. The van der Waals surface area contributed by atoms with Gasteiger partial charge in [-0.2, -0.15) is 0 Å². The molecule has 0 radical (unpaired) electrons. The average Bonchev–Trinajstić information content (AvgIpc) is 4.02. The molecule has 2 aromatic rings. The van der Waals surface area contributed by atoms with Crippen LogP contribution in [0.25, 0.3) is 0 Å². The first-order chi connectivity index (χ1) is 27.2. The van der Waals surface area contributed by atoms with Crippen LogP contribution >= 0.6 is 0 Å². The summed E-state index contributed by atoms with van der Waals surface area (Å²) in [6.07, 6.45) is 21.4. The predicted molar refractivity (Wildman–Crippen MR) is 220 cm³/mol. The maximum Gasteiger partial charge on any atom is 0.415 e. The number of hydrogen-bond donors (Lipinski definition) is 3. The van der Waals surface area contributed by atoms with Crippen LogP contribution in [-0.2, 0) is 30.1 Å². The first-order valence-corrected chi connectivity index (χ1v) is 22.7. The third kappa shape index (κ3) is 7.50. The normalized spacial score (nSPS) is 32.4. The summed E-state index contributed by atoms with van der Waals surface area (Å²) in [7, 11) is 0. The van der Waals surface area contributed by atoms with Crippen molar-refractivity contribution in [1.29, 1.82) is 0 Å². The van der Waals surface area contributed by atoms with E-state index in [-0.39, 0.29) is 41.1 Å². The number of nitrogens with zero attached hydrogens (tertiary/aromatic N) is 2. The molecule has 2 aromatic carbocycles. The lowest BCUT2D eigenvalue weighted by Crippen LogP contribution is -2.56. The molecule has 4 bridgehead atoms. The molecule has 9 nitrogen and oxygen atoms in total. The minimum Gasteiger partial charge on any atom is -0.410 e. The number of hydrogen-bond acceptors (Lipinski definition) is 7. The average molecular weight is 766 g/mol. The molecule has 5 aliphatic carbocycles. The van der Waals surface area contributed by atoms with E-state index < -0.39 is 0 Å². The first kappa shape index (κ1) is 38.4. The Balaban J connectivity index is 1.08. The number of carbonyl (C=O) groups excluding carboxylic acids is 2. The van der Waals surface area contributed by atoms with Crippen LogP contribution in [0.1, 0.15) is 144 Å². The lowest BCUT2D eigenvalue weighted by molar-refractivity contribution is 0.0877. The van der Waals surface area contributed by atoms with Gasteiger partial charge >= 0.3 is 12.2 Å². The van der Waals surface area contributed by atoms with Crippen LogP contribution in [-0.4, -0.2) is 72.3 Å². The van der Waals surface area contributed by atoms with E-state index in [1.165, 1.54) is 85.9 Å². The Kier molecular flexibility index (Phi) is 10.9. The molecule has 3 saturated carbocycles. The van der Waals surface area contributed by atoms with Crippen molar-refractivity contribution < 1.29 is 19.1 Å². The largest absolute Gasteiger partial charge is 0.415 e. The van der Waals surface area contributed by atoms with Crippen LogP contribution in [0.2, 0.25) is 0 Å². The third-order valence-electron chi connectivity index (χ3n) is 15.8. The van der Waals surface area contributed by atoms with Gasteiger partial charge in [0.05, 0.1) is 0 Å². The van der Waals surface area contributed by atoms with Gasteiger partial charge in [0.1, 0.15) is 11.5 Å². The van der Waals surface area contributed by atoms with E-state index in [1.807, 2.05) is 11.0 Å². The van der Waals surface area contributed by atoms with Crippen molar-refractivity contribution in [2.45, 2.75) is 170 Å². The smallest absolute Gasteiger partial charge is 0.410 e. The molecule has 56 heavy (non-hydrogen) atoms. The van der Waals surface area contributed by atoms with E-state index in [2.05, 4.69) is 41.4 Å². The molecule has 9 heteroatoms. The van der Waals surface area contributed by atoms with Crippen LogP contribution in [0.5, 0.6) is 11.5 Å². The van der Waals surface area contributed by atoms with Gasteiger partial charge in [0.15, 0.2) is 0 Å². The molecule has 2 aliphatic heterocycles. The van der Waals surface area contributed by atoms with Crippen molar-refractivity contribution in [3.63, 3.8) is 0 Å². The number of piperidine rings is 2. The number of nitrogens with two attached hydrogens (primary N) is 2. The summed E-state index contributed by atoms with van der Waals surface area (Å²) in [5.74, 6) is 2.03. The van der Waals surface area contributed by atoms with Crippen molar-refractivity contribution in [1.82, 2.24) is 15.1 Å². The van der Waals surface area contributed by atoms with Gasteiger partial charge in [-0.15, -0.1) is 0 Å². The SMILES string of the molecule is C[C@@]12CCCCC[C@@H](Cc3c(C[C@@]45CCCCC[C@@H](Cc6ccc(OC(=O)NC7CC7)cc64)[C@@H]5N)cc(OC(=O)N4CCC(N5CCCCC5)CC4)cc31)[C@@H]2N. The van der Waals surface area contributed by atoms with Gasteiger partial charge in [0.2, 0.25) is 0 Å². The molecule has 2 heterocycles. The van der Waals surface area contributed by atoms with Gasteiger partial charge in [0.25, 0.3) is 0 Å². The molecule has 0 spiro atoms. The lowest BCUT2D eigenvalue weighted by atomic mass is 9.55. The van der Waals surface area contributed by atoms with Crippen LogP contribution in [0.4, 0.5) is 9.59 Å². The zero-order chi connectivity index (χ0) is 38.4. The summed E-state index contributed by atoms with van der Waals surface area (Å²) in [4.78, 5) is 31.5. The van der Waals surface area contributed by atoms with E-state index >= 15 is 0 Å². The summed E-state index contributed by atoms with van der Waals surface area (Å²) in [5, 5.41) is 2.99. The number of benzene rings is 2. The van der Waals surface area contributed by atoms with Crippen LogP contribution < -0.4 is 26.3 Å². The van der Waals surface area contributed by atoms with Crippen molar-refractivity contribution in [2.75, 3.05) is 26.2 Å². The summed E-state index contributed by atoms with van der Waals surface area (Å²) in [5.41, 5.74) is 20.8. The number of amides is 2. The van der Waals surface area contributed by atoms with E-state index in [9.17, 15) is 9.59 Å². The second-order valence-electron chi connectivity index (χ2n) is 19.3.